The Labute approximate surface area is 108 Å². The van der Waals surface area contributed by atoms with Gasteiger partial charge in [-0.25, -0.2) is 0 Å². The molecule has 1 atom stereocenters. The molecule has 1 fully saturated rings. The van der Waals surface area contributed by atoms with E-state index >= 15 is 0 Å². The summed E-state index contributed by atoms with van der Waals surface area (Å²) in [6.45, 7) is 6.60. The first-order valence-electron chi connectivity index (χ1n) is 6.47. The summed E-state index contributed by atoms with van der Waals surface area (Å²) in [6, 6.07) is 7.64. The predicted molar refractivity (Wildman–Crippen MR) is 70.0 cm³/mol. The summed E-state index contributed by atoms with van der Waals surface area (Å²) < 4.78 is 11.6. The Balaban J connectivity index is 2.07. The monoisotopic (exact) mass is 248 g/mol. The minimum Gasteiger partial charge on any atom is -0.490 e. The van der Waals surface area contributed by atoms with Crippen molar-refractivity contribution in [3.63, 3.8) is 0 Å². The number of Topliss-reactive ketones (excluding diaryl/α,β-unsaturated/α-hetero) is 1. The first-order valence-corrected chi connectivity index (χ1v) is 6.47. The van der Waals surface area contributed by atoms with E-state index in [1.54, 1.807) is 0 Å². The number of benzene rings is 1. The van der Waals surface area contributed by atoms with Crippen LogP contribution in [0.2, 0.25) is 0 Å². The van der Waals surface area contributed by atoms with Gasteiger partial charge in [0.05, 0.1) is 12.0 Å². The third kappa shape index (κ3) is 2.35. The summed E-state index contributed by atoms with van der Waals surface area (Å²) in [4.78, 5) is 11.5. The van der Waals surface area contributed by atoms with E-state index in [2.05, 4.69) is 6.92 Å². The Bertz CT molecular complexity index is 437. The average molecular weight is 248 g/mol. The molecule has 0 bridgehead atoms. The van der Waals surface area contributed by atoms with Crippen LogP contribution in [0.25, 0.3) is 0 Å². The van der Waals surface area contributed by atoms with E-state index < -0.39 is 0 Å². The van der Waals surface area contributed by atoms with Crippen molar-refractivity contribution in [1.82, 2.24) is 0 Å². The van der Waals surface area contributed by atoms with Gasteiger partial charge in [0.15, 0.2) is 11.5 Å². The number of carbonyl (C=O) groups is 1. The molecule has 1 aliphatic carbocycles. The topological polar surface area (TPSA) is 35.5 Å². The van der Waals surface area contributed by atoms with Gasteiger partial charge in [-0.1, -0.05) is 19.1 Å². The highest BCUT2D eigenvalue weighted by molar-refractivity contribution is 5.91. The van der Waals surface area contributed by atoms with E-state index in [4.69, 9.17) is 9.47 Å². The summed E-state index contributed by atoms with van der Waals surface area (Å²) in [7, 11) is 0. The third-order valence-electron chi connectivity index (χ3n) is 3.47. The second-order valence-corrected chi connectivity index (χ2v) is 5.25. The fraction of sp³-hybridized carbons (Fsp3) is 0.533. The molecule has 0 saturated heterocycles. The smallest absolute Gasteiger partial charge is 0.161 e. The molecule has 1 aromatic rings. The Morgan fingerprint density at radius 1 is 1.28 bits per heavy atom. The van der Waals surface area contributed by atoms with Gasteiger partial charge in [0, 0.05) is 6.42 Å². The molecule has 0 amide bonds. The van der Waals surface area contributed by atoms with E-state index in [9.17, 15) is 4.79 Å². The minimum atomic E-state index is -0.377. The summed E-state index contributed by atoms with van der Waals surface area (Å²) in [5.41, 5.74) is -0.377. The largest absolute Gasteiger partial charge is 0.490 e. The van der Waals surface area contributed by atoms with Gasteiger partial charge >= 0.3 is 0 Å². The predicted octanol–water partition coefficient (Wildman–Crippen LogP) is 3.22. The molecular weight excluding hydrogens is 228 g/mol. The lowest BCUT2D eigenvalue weighted by Crippen LogP contribution is -2.53. The quantitative estimate of drug-likeness (QED) is 0.802. The highest BCUT2D eigenvalue weighted by Crippen LogP contribution is 2.41. The van der Waals surface area contributed by atoms with Gasteiger partial charge in [0.1, 0.15) is 11.9 Å². The van der Waals surface area contributed by atoms with Gasteiger partial charge in [-0.3, -0.25) is 4.79 Å². The van der Waals surface area contributed by atoms with Crippen molar-refractivity contribution in [3.05, 3.63) is 24.3 Å². The Morgan fingerprint density at radius 3 is 2.50 bits per heavy atom. The number of para-hydroxylation sites is 2. The molecule has 0 N–H and O–H groups in total. The van der Waals surface area contributed by atoms with Gasteiger partial charge < -0.3 is 9.47 Å². The molecule has 0 heterocycles. The number of rotatable bonds is 5. The zero-order valence-electron chi connectivity index (χ0n) is 11.2. The molecule has 1 unspecified atom stereocenters. The lowest BCUT2D eigenvalue weighted by Gasteiger charge is -2.42. The van der Waals surface area contributed by atoms with Gasteiger partial charge in [0.2, 0.25) is 0 Å². The van der Waals surface area contributed by atoms with Crippen LogP contribution in [0, 0.1) is 5.41 Å². The maximum atomic E-state index is 11.5. The van der Waals surface area contributed by atoms with Crippen LogP contribution < -0.4 is 9.47 Å². The van der Waals surface area contributed by atoms with Crippen molar-refractivity contribution in [2.75, 3.05) is 6.61 Å². The molecule has 2 rings (SSSR count). The Kier molecular flexibility index (Phi) is 3.60. The molecule has 0 spiro atoms. The summed E-state index contributed by atoms with van der Waals surface area (Å²) in [5, 5.41) is 0. The Morgan fingerprint density at radius 2 is 1.94 bits per heavy atom. The van der Waals surface area contributed by atoms with Crippen molar-refractivity contribution in [2.24, 2.45) is 5.41 Å². The van der Waals surface area contributed by atoms with Crippen molar-refractivity contribution in [1.29, 1.82) is 0 Å². The molecule has 1 aromatic carbocycles. The first kappa shape index (κ1) is 12.9. The maximum Gasteiger partial charge on any atom is 0.161 e. The molecular formula is C15H20O3. The van der Waals surface area contributed by atoms with E-state index in [1.807, 2.05) is 38.1 Å². The lowest BCUT2D eigenvalue weighted by atomic mass is 9.68. The van der Waals surface area contributed by atoms with Gasteiger partial charge in [0.25, 0.3) is 0 Å². The third-order valence-corrected chi connectivity index (χ3v) is 3.47. The van der Waals surface area contributed by atoms with E-state index in [0.717, 1.165) is 17.9 Å². The van der Waals surface area contributed by atoms with Crippen LogP contribution >= 0.6 is 0 Å². The molecule has 18 heavy (non-hydrogen) atoms. The number of hydrogen-bond donors (Lipinski definition) is 0. The lowest BCUT2D eigenvalue weighted by molar-refractivity contribution is -0.148. The highest BCUT2D eigenvalue weighted by Gasteiger charge is 2.49. The van der Waals surface area contributed by atoms with Gasteiger partial charge in [-0.15, -0.1) is 0 Å². The average Bonchev–Trinajstić information content (AvgIpc) is 2.37. The minimum absolute atomic E-state index is 0.0450. The van der Waals surface area contributed by atoms with Crippen molar-refractivity contribution in [3.8, 4) is 11.5 Å². The van der Waals surface area contributed by atoms with E-state index in [0.29, 0.717) is 13.0 Å². The molecule has 98 valence electrons. The van der Waals surface area contributed by atoms with Gasteiger partial charge in [-0.2, -0.15) is 0 Å². The molecule has 0 aliphatic heterocycles. The molecule has 0 aromatic heterocycles. The fourth-order valence-corrected chi connectivity index (χ4v) is 1.96. The summed E-state index contributed by atoms with van der Waals surface area (Å²) in [5.74, 6) is 1.76. The van der Waals surface area contributed by atoms with Crippen molar-refractivity contribution < 1.29 is 14.3 Å². The van der Waals surface area contributed by atoms with Gasteiger partial charge in [-0.05, 0) is 32.4 Å². The first-order chi connectivity index (χ1) is 8.55. The summed E-state index contributed by atoms with van der Waals surface area (Å²) in [6.07, 6.45) is 1.41. The van der Waals surface area contributed by atoms with Crippen LogP contribution in [-0.2, 0) is 4.79 Å². The zero-order valence-corrected chi connectivity index (χ0v) is 11.2. The SMILES string of the molecule is CCCOc1ccccc1OC1CC(=O)C1(C)C. The molecule has 1 aliphatic rings. The Hall–Kier alpha value is -1.51. The highest BCUT2D eigenvalue weighted by atomic mass is 16.5. The van der Waals surface area contributed by atoms with E-state index in [1.165, 1.54) is 0 Å². The van der Waals surface area contributed by atoms with Crippen LogP contribution in [0.5, 0.6) is 11.5 Å². The van der Waals surface area contributed by atoms with Crippen LogP contribution in [0.3, 0.4) is 0 Å². The molecule has 3 nitrogen and oxygen atoms in total. The van der Waals surface area contributed by atoms with Crippen molar-refractivity contribution >= 4 is 5.78 Å². The second-order valence-electron chi connectivity index (χ2n) is 5.25. The fourth-order valence-electron chi connectivity index (χ4n) is 1.96. The number of ether oxygens (including phenoxy) is 2. The standard InChI is InChI=1S/C15H20O3/c1-4-9-17-11-7-5-6-8-12(11)18-14-10-13(16)15(14,2)3/h5-8,14H,4,9-10H2,1-3H3. The number of ketones is 1. The molecule has 0 radical (unpaired) electrons. The molecule has 1 saturated carbocycles. The normalized spacial score (nSPS) is 21.3. The van der Waals surface area contributed by atoms with Crippen LogP contribution in [0.15, 0.2) is 24.3 Å². The second kappa shape index (κ2) is 5.01. The summed E-state index contributed by atoms with van der Waals surface area (Å²) >= 11 is 0. The number of carbonyl (C=O) groups excluding carboxylic acids is 1. The van der Waals surface area contributed by atoms with E-state index in [-0.39, 0.29) is 17.3 Å². The van der Waals surface area contributed by atoms with Crippen LogP contribution in [-0.4, -0.2) is 18.5 Å². The van der Waals surface area contributed by atoms with Crippen LogP contribution in [0.4, 0.5) is 0 Å². The maximum absolute atomic E-state index is 11.5. The zero-order chi connectivity index (χ0) is 13.2. The molecule has 3 heteroatoms. The van der Waals surface area contributed by atoms with Crippen molar-refractivity contribution in [2.45, 2.75) is 39.7 Å². The van der Waals surface area contributed by atoms with Crippen LogP contribution in [0.1, 0.15) is 33.6 Å². The number of hydrogen-bond acceptors (Lipinski definition) is 3.